The fraction of sp³-hybridized carbons (Fsp3) is 0.111. The highest BCUT2D eigenvalue weighted by Crippen LogP contribution is 2.20. The van der Waals surface area contributed by atoms with Gasteiger partial charge in [-0.3, -0.25) is 4.79 Å². The fourth-order valence-corrected chi connectivity index (χ4v) is 0.950. The van der Waals surface area contributed by atoms with Crippen molar-refractivity contribution in [3.8, 4) is 0 Å². The van der Waals surface area contributed by atoms with Gasteiger partial charge in [-0.25, -0.2) is 0 Å². The number of halogens is 1. The van der Waals surface area contributed by atoms with E-state index in [4.69, 9.17) is 11.6 Å². The Labute approximate surface area is 76.5 Å². The van der Waals surface area contributed by atoms with Gasteiger partial charge in [-0.2, -0.15) is 0 Å². The Morgan fingerprint density at radius 1 is 1.50 bits per heavy atom. The molecular formula is C9H9ClNO. The molecule has 0 saturated carbocycles. The first-order chi connectivity index (χ1) is 5.74. The van der Waals surface area contributed by atoms with E-state index in [0.717, 1.165) is 0 Å². The lowest BCUT2D eigenvalue weighted by Crippen LogP contribution is -2.10. The molecule has 0 saturated heterocycles. The lowest BCUT2D eigenvalue weighted by molar-refractivity contribution is -0.113. The van der Waals surface area contributed by atoms with Gasteiger partial charge in [-0.15, -0.1) is 0 Å². The lowest BCUT2D eigenvalue weighted by Gasteiger charge is -2.03. The molecule has 0 bridgehead atoms. The topological polar surface area (TPSA) is 29.1 Å². The molecule has 0 aliphatic heterocycles. The van der Waals surface area contributed by atoms with E-state index in [1.807, 2.05) is 12.1 Å². The van der Waals surface area contributed by atoms with Crippen LogP contribution >= 0.6 is 11.6 Å². The lowest BCUT2D eigenvalue weighted by atomic mass is 10.3. The van der Waals surface area contributed by atoms with Crippen LogP contribution < -0.4 is 5.32 Å². The molecule has 0 aliphatic rings. The highest BCUT2D eigenvalue weighted by molar-refractivity contribution is 6.33. The molecule has 63 valence electrons. The molecule has 12 heavy (non-hydrogen) atoms. The van der Waals surface area contributed by atoms with Crippen LogP contribution in [0, 0.1) is 6.42 Å². The van der Waals surface area contributed by atoms with Crippen LogP contribution in [0.25, 0.3) is 0 Å². The van der Waals surface area contributed by atoms with Gasteiger partial charge in [-0.1, -0.05) is 30.7 Å². The van der Waals surface area contributed by atoms with Gasteiger partial charge in [0.05, 0.1) is 10.7 Å². The second-order valence-corrected chi connectivity index (χ2v) is 2.66. The van der Waals surface area contributed by atoms with Crippen LogP contribution in [0.3, 0.4) is 0 Å². The van der Waals surface area contributed by atoms with Crippen molar-refractivity contribution >= 4 is 23.2 Å². The normalized spacial score (nSPS) is 9.50. The summed E-state index contributed by atoms with van der Waals surface area (Å²) in [5.74, 6) is -0.150. The Balaban J connectivity index is 2.75. The highest BCUT2D eigenvalue weighted by Gasteiger charge is 2.01. The van der Waals surface area contributed by atoms with E-state index >= 15 is 0 Å². The van der Waals surface area contributed by atoms with E-state index in [1.165, 1.54) is 6.42 Å². The minimum absolute atomic E-state index is 0.150. The molecule has 0 aromatic heterocycles. The van der Waals surface area contributed by atoms with Crippen molar-refractivity contribution in [2.75, 3.05) is 5.32 Å². The summed E-state index contributed by atoms with van der Waals surface area (Å²) in [7, 11) is 0. The predicted molar refractivity (Wildman–Crippen MR) is 50.1 cm³/mol. The van der Waals surface area contributed by atoms with Crippen LogP contribution in [0.2, 0.25) is 5.02 Å². The molecule has 0 unspecified atom stereocenters. The van der Waals surface area contributed by atoms with Crippen molar-refractivity contribution < 1.29 is 4.79 Å². The number of hydrogen-bond acceptors (Lipinski definition) is 1. The van der Waals surface area contributed by atoms with Gasteiger partial charge in [0.25, 0.3) is 0 Å². The molecule has 0 spiro atoms. The molecule has 1 radical (unpaired) electrons. The smallest absolute Gasteiger partial charge is 0.228 e. The van der Waals surface area contributed by atoms with Crippen LogP contribution in [0.5, 0.6) is 0 Å². The second-order valence-electron chi connectivity index (χ2n) is 2.26. The first-order valence-electron chi connectivity index (χ1n) is 3.59. The standard InChI is InChI=1S/C9H9ClNO/c1-2-9(12)11-8-6-4-3-5-7(8)10/h2-6H,1H3,(H,11,12). The molecule has 0 aliphatic carbocycles. The van der Waals surface area contributed by atoms with Gasteiger partial charge in [0.15, 0.2) is 0 Å². The summed E-state index contributed by atoms with van der Waals surface area (Å²) in [6, 6.07) is 7.11. The van der Waals surface area contributed by atoms with E-state index in [-0.39, 0.29) is 5.91 Å². The zero-order chi connectivity index (χ0) is 8.97. The Bertz CT molecular complexity index is 286. The number of nitrogens with one attached hydrogen (secondary N) is 1. The average molecular weight is 183 g/mol. The van der Waals surface area contributed by atoms with Crippen LogP contribution in [-0.4, -0.2) is 5.91 Å². The molecule has 1 rings (SSSR count). The van der Waals surface area contributed by atoms with E-state index in [1.54, 1.807) is 19.1 Å². The SMILES string of the molecule is C[CH]C(=O)Nc1ccccc1Cl. The van der Waals surface area contributed by atoms with Crippen molar-refractivity contribution in [2.45, 2.75) is 6.92 Å². The highest BCUT2D eigenvalue weighted by atomic mass is 35.5. The zero-order valence-corrected chi connectivity index (χ0v) is 7.43. The third-order valence-electron chi connectivity index (χ3n) is 1.39. The second kappa shape index (κ2) is 4.12. The summed E-state index contributed by atoms with van der Waals surface area (Å²) in [4.78, 5) is 10.9. The Kier molecular flexibility index (Phi) is 3.11. The predicted octanol–water partition coefficient (Wildman–Crippen LogP) is 2.50. The van der Waals surface area contributed by atoms with Gasteiger partial charge in [0, 0.05) is 6.42 Å². The molecule has 0 fully saturated rings. The number of anilines is 1. The number of carbonyl (C=O) groups is 1. The number of carbonyl (C=O) groups excluding carboxylic acids is 1. The van der Waals surface area contributed by atoms with Crippen LogP contribution in [0.15, 0.2) is 24.3 Å². The Hall–Kier alpha value is -1.02. The maximum atomic E-state index is 10.9. The maximum Gasteiger partial charge on any atom is 0.228 e. The first kappa shape index (κ1) is 9.07. The van der Waals surface area contributed by atoms with Crippen LogP contribution in [-0.2, 0) is 4.79 Å². The fourth-order valence-electron chi connectivity index (χ4n) is 0.767. The number of para-hydroxylation sites is 1. The van der Waals surface area contributed by atoms with Gasteiger partial charge < -0.3 is 5.32 Å². The van der Waals surface area contributed by atoms with Crippen molar-refractivity contribution in [2.24, 2.45) is 0 Å². The molecule has 0 atom stereocenters. The minimum Gasteiger partial charge on any atom is -0.325 e. The van der Waals surface area contributed by atoms with E-state index in [2.05, 4.69) is 5.32 Å². The number of rotatable bonds is 2. The number of benzene rings is 1. The van der Waals surface area contributed by atoms with Gasteiger partial charge >= 0.3 is 0 Å². The number of amides is 1. The summed E-state index contributed by atoms with van der Waals surface area (Å²) >= 11 is 5.80. The molecule has 3 heteroatoms. The van der Waals surface area contributed by atoms with Crippen molar-refractivity contribution in [3.63, 3.8) is 0 Å². The molecule has 2 nitrogen and oxygen atoms in total. The molecule has 1 aromatic rings. The maximum absolute atomic E-state index is 10.9. The Morgan fingerprint density at radius 3 is 2.75 bits per heavy atom. The summed E-state index contributed by atoms with van der Waals surface area (Å²) in [6.45, 7) is 1.67. The molecule has 1 N–H and O–H groups in total. The van der Waals surface area contributed by atoms with Gasteiger partial charge in [-0.05, 0) is 12.1 Å². The molecular weight excluding hydrogens is 174 g/mol. The van der Waals surface area contributed by atoms with E-state index in [0.29, 0.717) is 10.7 Å². The molecule has 0 heterocycles. The van der Waals surface area contributed by atoms with Crippen molar-refractivity contribution in [1.82, 2.24) is 0 Å². The summed E-state index contributed by atoms with van der Waals surface area (Å²) in [6.07, 6.45) is 1.45. The van der Waals surface area contributed by atoms with Gasteiger partial charge in [0.2, 0.25) is 5.91 Å². The minimum atomic E-state index is -0.150. The third-order valence-corrected chi connectivity index (χ3v) is 1.72. The summed E-state index contributed by atoms with van der Waals surface area (Å²) in [5.41, 5.74) is 0.641. The largest absolute Gasteiger partial charge is 0.325 e. The number of hydrogen-bond donors (Lipinski definition) is 1. The van der Waals surface area contributed by atoms with Gasteiger partial charge in [0.1, 0.15) is 0 Å². The van der Waals surface area contributed by atoms with Crippen molar-refractivity contribution in [1.29, 1.82) is 0 Å². The third kappa shape index (κ3) is 2.24. The van der Waals surface area contributed by atoms with Crippen LogP contribution in [0.1, 0.15) is 6.92 Å². The first-order valence-corrected chi connectivity index (χ1v) is 3.96. The Morgan fingerprint density at radius 2 is 2.17 bits per heavy atom. The quantitative estimate of drug-likeness (QED) is 0.748. The average Bonchev–Trinajstić information content (AvgIpc) is 2.09. The summed E-state index contributed by atoms with van der Waals surface area (Å²) < 4.78 is 0. The molecule has 1 amide bonds. The monoisotopic (exact) mass is 182 g/mol. The zero-order valence-electron chi connectivity index (χ0n) is 6.67. The van der Waals surface area contributed by atoms with Crippen LogP contribution in [0.4, 0.5) is 5.69 Å². The summed E-state index contributed by atoms with van der Waals surface area (Å²) in [5, 5.41) is 3.18. The van der Waals surface area contributed by atoms with E-state index < -0.39 is 0 Å². The molecule has 1 aromatic carbocycles. The van der Waals surface area contributed by atoms with Crippen molar-refractivity contribution in [3.05, 3.63) is 35.7 Å². The van der Waals surface area contributed by atoms with E-state index in [9.17, 15) is 4.79 Å².